The second-order valence-corrected chi connectivity index (χ2v) is 5.55. The van der Waals surface area contributed by atoms with Crippen LogP contribution in [0.4, 0.5) is 17.2 Å². The first-order chi connectivity index (χ1) is 12.1. The third-order valence-corrected chi connectivity index (χ3v) is 3.61. The molecule has 0 saturated carbocycles. The summed E-state index contributed by atoms with van der Waals surface area (Å²) in [5.41, 5.74) is 1.69. The molecule has 2 aromatic carbocycles. The van der Waals surface area contributed by atoms with Gasteiger partial charge in [-0.3, -0.25) is 4.79 Å². The van der Waals surface area contributed by atoms with Crippen LogP contribution in [0.2, 0.25) is 5.02 Å². The average molecular weight is 355 g/mol. The summed E-state index contributed by atoms with van der Waals surface area (Å²) in [7, 11) is 1.61. The van der Waals surface area contributed by atoms with Crippen molar-refractivity contribution in [3.63, 3.8) is 0 Å². The number of carbonyl (C=O) groups is 1. The maximum Gasteiger partial charge on any atom is 0.276 e. The molecule has 3 aromatic rings. The highest BCUT2D eigenvalue weighted by atomic mass is 35.5. The number of benzene rings is 2. The molecule has 1 heterocycles. The lowest BCUT2D eigenvalue weighted by atomic mass is 10.3. The number of hydrogen-bond donors (Lipinski definition) is 2. The summed E-state index contributed by atoms with van der Waals surface area (Å²) in [6.07, 6.45) is 0. The molecule has 0 aliphatic heterocycles. The molecule has 126 valence electrons. The molecule has 25 heavy (non-hydrogen) atoms. The van der Waals surface area contributed by atoms with Crippen LogP contribution < -0.4 is 15.4 Å². The van der Waals surface area contributed by atoms with Crippen molar-refractivity contribution in [1.29, 1.82) is 0 Å². The number of rotatable bonds is 5. The summed E-state index contributed by atoms with van der Waals surface area (Å²) in [5.74, 6) is 0.963. The number of anilines is 3. The van der Waals surface area contributed by atoms with Crippen molar-refractivity contribution in [3.8, 4) is 5.75 Å². The molecule has 6 nitrogen and oxygen atoms in total. The number of nitrogens with one attached hydrogen (secondary N) is 2. The van der Waals surface area contributed by atoms with Crippen LogP contribution in [0.15, 0.2) is 60.7 Å². The van der Waals surface area contributed by atoms with Crippen molar-refractivity contribution < 1.29 is 9.53 Å². The maximum absolute atomic E-state index is 12.2. The topological polar surface area (TPSA) is 76.1 Å². The van der Waals surface area contributed by atoms with Gasteiger partial charge in [0.2, 0.25) is 0 Å². The van der Waals surface area contributed by atoms with E-state index in [4.69, 9.17) is 16.3 Å². The quantitative estimate of drug-likeness (QED) is 0.720. The lowest BCUT2D eigenvalue weighted by molar-refractivity contribution is 0.102. The summed E-state index contributed by atoms with van der Waals surface area (Å²) < 4.78 is 5.11. The van der Waals surface area contributed by atoms with Gasteiger partial charge in [0.25, 0.3) is 5.91 Å². The van der Waals surface area contributed by atoms with Gasteiger partial charge in [0.05, 0.1) is 7.11 Å². The number of nitrogens with zero attached hydrogens (tertiary/aromatic N) is 2. The van der Waals surface area contributed by atoms with Crippen LogP contribution in [0.25, 0.3) is 0 Å². The lowest BCUT2D eigenvalue weighted by Gasteiger charge is -2.07. The number of methoxy groups -OCH3 is 1. The lowest BCUT2D eigenvalue weighted by Crippen LogP contribution is -2.14. The SMILES string of the molecule is COc1ccc(Nc2ccc(C(=O)Nc3ccc(Cl)cc3)nn2)cc1. The monoisotopic (exact) mass is 354 g/mol. The molecule has 1 aromatic heterocycles. The summed E-state index contributed by atoms with van der Waals surface area (Å²) in [5, 5.41) is 14.4. The number of halogens is 1. The van der Waals surface area contributed by atoms with Crippen LogP contribution in [0, 0.1) is 0 Å². The van der Waals surface area contributed by atoms with Crippen LogP contribution in [0.1, 0.15) is 10.5 Å². The number of ether oxygens (including phenoxy) is 1. The van der Waals surface area contributed by atoms with Gasteiger partial charge >= 0.3 is 0 Å². The van der Waals surface area contributed by atoms with E-state index in [2.05, 4.69) is 20.8 Å². The van der Waals surface area contributed by atoms with Gasteiger partial charge in [0.1, 0.15) is 5.75 Å². The Morgan fingerprint density at radius 3 is 2.20 bits per heavy atom. The Balaban J connectivity index is 1.64. The molecule has 0 radical (unpaired) electrons. The van der Waals surface area contributed by atoms with E-state index >= 15 is 0 Å². The van der Waals surface area contributed by atoms with Crippen LogP contribution in [0.3, 0.4) is 0 Å². The third kappa shape index (κ3) is 4.45. The van der Waals surface area contributed by atoms with E-state index in [-0.39, 0.29) is 11.6 Å². The number of amides is 1. The standard InChI is InChI=1S/C18H15ClN4O2/c1-25-15-8-6-13(7-9-15)20-17-11-10-16(22-23-17)18(24)21-14-4-2-12(19)3-5-14/h2-11H,1H3,(H,20,23)(H,21,24). The van der Waals surface area contributed by atoms with E-state index in [1.54, 1.807) is 43.5 Å². The second-order valence-electron chi connectivity index (χ2n) is 5.12. The summed E-state index contributed by atoms with van der Waals surface area (Å²) in [6, 6.07) is 17.5. The van der Waals surface area contributed by atoms with Gasteiger partial charge in [0.15, 0.2) is 11.5 Å². The first-order valence-electron chi connectivity index (χ1n) is 7.46. The fourth-order valence-electron chi connectivity index (χ4n) is 2.07. The molecule has 0 saturated heterocycles. The number of carbonyl (C=O) groups excluding carboxylic acids is 1. The Morgan fingerprint density at radius 1 is 0.920 bits per heavy atom. The molecule has 2 N–H and O–H groups in total. The van der Waals surface area contributed by atoms with Crippen molar-refractivity contribution in [1.82, 2.24) is 10.2 Å². The zero-order valence-electron chi connectivity index (χ0n) is 13.4. The third-order valence-electron chi connectivity index (χ3n) is 3.36. The number of hydrogen-bond acceptors (Lipinski definition) is 5. The highest BCUT2D eigenvalue weighted by Crippen LogP contribution is 2.18. The molecule has 0 aliphatic carbocycles. The average Bonchev–Trinajstić information content (AvgIpc) is 2.65. The Hall–Kier alpha value is -3.12. The first kappa shape index (κ1) is 16.7. The zero-order valence-corrected chi connectivity index (χ0v) is 14.1. The molecule has 7 heteroatoms. The number of aromatic nitrogens is 2. The van der Waals surface area contributed by atoms with Crippen molar-refractivity contribution in [2.75, 3.05) is 17.7 Å². The zero-order chi connectivity index (χ0) is 17.6. The van der Waals surface area contributed by atoms with Gasteiger partial charge in [0, 0.05) is 16.4 Å². The van der Waals surface area contributed by atoms with Gasteiger partial charge in [-0.1, -0.05) is 11.6 Å². The largest absolute Gasteiger partial charge is 0.497 e. The Kier molecular flexibility index (Phi) is 5.11. The molecule has 0 atom stereocenters. The minimum absolute atomic E-state index is 0.218. The predicted octanol–water partition coefficient (Wildman–Crippen LogP) is 4.13. The van der Waals surface area contributed by atoms with E-state index in [0.717, 1.165) is 11.4 Å². The highest BCUT2D eigenvalue weighted by Gasteiger charge is 2.09. The van der Waals surface area contributed by atoms with E-state index in [1.165, 1.54) is 0 Å². The Morgan fingerprint density at radius 2 is 1.60 bits per heavy atom. The van der Waals surface area contributed by atoms with E-state index in [1.807, 2.05) is 24.3 Å². The van der Waals surface area contributed by atoms with Gasteiger partial charge in [-0.15, -0.1) is 10.2 Å². The van der Waals surface area contributed by atoms with Crippen molar-refractivity contribution in [3.05, 3.63) is 71.4 Å². The van der Waals surface area contributed by atoms with Gasteiger partial charge < -0.3 is 15.4 Å². The van der Waals surface area contributed by atoms with Crippen LogP contribution in [-0.4, -0.2) is 23.2 Å². The van der Waals surface area contributed by atoms with Crippen LogP contribution >= 0.6 is 11.6 Å². The molecule has 0 bridgehead atoms. The molecule has 1 amide bonds. The van der Waals surface area contributed by atoms with Gasteiger partial charge in [-0.2, -0.15) is 0 Å². The highest BCUT2D eigenvalue weighted by molar-refractivity contribution is 6.30. The van der Waals surface area contributed by atoms with Crippen molar-refractivity contribution in [2.45, 2.75) is 0 Å². The van der Waals surface area contributed by atoms with Gasteiger partial charge in [-0.05, 0) is 60.7 Å². The minimum Gasteiger partial charge on any atom is -0.497 e. The fourth-order valence-corrected chi connectivity index (χ4v) is 2.20. The molecule has 0 fully saturated rings. The molecular formula is C18H15ClN4O2. The maximum atomic E-state index is 12.2. The minimum atomic E-state index is -0.342. The first-order valence-corrected chi connectivity index (χ1v) is 7.83. The van der Waals surface area contributed by atoms with Gasteiger partial charge in [-0.25, -0.2) is 0 Å². The molecule has 0 spiro atoms. The fraction of sp³-hybridized carbons (Fsp3) is 0.0556. The predicted molar refractivity (Wildman–Crippen MR) is 97.7 cm³/mol. The summed E-state index contributed by atoms with van der Waals surface area (Å²) in [6.45, 7) is 0. The van der Waals surface area contributed by atoms with Crippen molar-refractivity contribution in [2.24, 2.45) is 0 Å². The van der Waals surface area contributed by atoms with Crippen LogP contribution in [-0.2, 0) is 0 Å². The molecular weight excluding hydrogens is 340 g/mol. The summed E-state index contributed by atoms with van der Waals surface area (Å²) in [4.78, 5) is 12.2. The Labute approximate surface area is 149 Å². The van der Waals surface area contributed by atoms with E-state index in [9.17, 15) is 4.79 Å². The molecule has 3 rings (SSSR count). The second kappa shape index (κ2) is 7.63. The molecule has 0 unspecified atom stereocenters. The van der Waals surface area contributed by atoms with E-state index < -0.39 is 0 Å². The smallest absolute Gasteiger partial charge is 0.276 e. The molecule has 0 aliphatic rings. The normalized spacial score (nSPS) is 10.2. The van der Waals surface area contributed by atoms with Crippen LogP contribution in [0.5, 0.6) is 5.75 Å². The van der Waals surface area contributed by atoms with Crippen molar-refractivity contribution >= 4 is 34.7 Å². The summed E-state index contributed by atoms with van der Waals surface area (Å²) >= 11 is 5.82. The Bertz CT molecular complexity index is 850. The van der Waals surface area contributed by atoms with E-state index in [0.29, 0.717) is 16.5 Å².